The van der Waals surface area contributed by atoms with Gasteiger partial charge in [-0.2, -0.15) is 8.78 Å². The number of hydrogen-bond donors (Lipinski definition) is 1. The molecule has 1 fully saturated rings. The molecule has 9 heteroatoms. The van der Waals surface area contributed by atoms with Crippen LogP contribution in [0.25, 0.3) is 0 Å². The number of benzene rings is 2. The summed E-state index contributed by atoms with van der Waals surface area (Å²) in [5, 5.41) is 2.62. The molecule has 0 spiro atoms. The van der Waals surface area contributed by atoms with Crippen LogP contribution in [0.4, 0.5) is 13.6 Å². The monoisotopic (exact) mass is 418 g/mol. The maximum absolute atomic E-state index is 12.9. The Morgan fingerprint density at radius 3 is 2.43 bits per heavy atom. The molecule has 2 aromatic rings. The lowest BCUT2D eigenvalue weighted by Gasteiger charge is -2.22. The van der Waals surface area contributed by atoms with Crippen molar-refractivity contribution < 1.29 is 32.6 Å². The minimum absolute atomic E-state index is 0.000694. The Hall–Kier alpha value is -3.49. The molecule has 1 atom stereocenters. The summed E-state index contributed by atoms with van der Waals surface area (Å²) in [4.78, 5) is 37.9. The van der Waals surface area contributed by atoms with Crippen LogP contribution in [0.1, 0.15) is 29.8 Å². The molecule has 2 aromatic carbocycles. The topological polar surface area (TPSA) is 84.9 Å². The number of alkyl halides is 2. The lowest BCUT2D eigenvalue weighted by atomic mass is 9.92. The number of Topliss-reactive ketones (excluding diaryl/α,β-unsaturated/α-hetero) is 1. The second-order valence-electron chi connectivity index (χ2n) is 6.82. The van der Waals surface area contributed by atoms with Gasteiger partial charge in [-0.25, -0.2) is 4.79 Å². The normalized spacial score (nSPS) is 18.5. The number of urea groups is 1. The van der Waals surface area contributed by atoms with Crippen molar-refractivity contribution in [1.82, 2.24) is 10.2 Å². The van der Waals surface area contributed by atoms with Gasteiger partial charge in [-0.05, 0) is 43.7 Å². The highest BCUT2D eigenvalue weighted by atomic mass is 19.3. The first-order chi connectivity index (χ1) is 14.2. The average molecular weight is 418 g/mol. The number of hydrogen-bond acceptors (Lipinski definition) is 5. The third-order valence-electron chi connectivity index (χ3n) is 4.77. The minimum atomic E-state index is -2.96. The number of nitrogens with zero attached hydrogens (tertiary/aromatic N) is 1. The van der Waals surface area contributed by atoms with Crippen molar-refractivity contribution in [2.45, 2.75) is 26.0 Å². The van der Waals surface area contributed by atoms with E-state index < -0.39 is 24.1 Å². The van der Waals surface area contributed by atoms with Gasteiger partial charge in [-0.1, -0.05) is 24.3 Å². The molecule has 1 saturated heterocycles. The van der Waals surface area contributed by atoms with E-state index in [0.29, 0.717) is 16.9 Å². The fraction of sp³-hybridized carbons (Fsp3) is 0.286. The number of para-hydroxylation sites is 1. The van der Waals surface area contributed by atoms with Crippen molar-refractivity contribution in [3.63, 3.8) is 0 Å². The first-order valence-electron chi connectivity index (χ1n) is 9.14. The van der Waals surface area contributed by atoms with E-state index in [4.69, 9.17) is 4.74 Å². The van der Waals surface area contributed by atoms with Gasteiger partial charge in [0.1, 0.15) is 23.6 Å². The summed E-state index contributed by atoms with van der Waals surface area (Å²) in [6.45, 7) is -0.0345. The number of carbonyl (C=O) groups is 3. The van der Waals surface area contributed by atoms with Crippen molar-refractivity contribution >= 4 is 17.7 Å². The molecule has 3 rings (SSSR count). The van der Waals surface area contributed by atoms with Crippen LogP contribution in [0.3, 0.4) is 0 Å². The van der Waals surface area contributed by atoms with Gasteiger partial charge in [0.15, 0.2) is 5.78 Å². The lowest BCUT2D eigenvalue weighted by Crippen LogP contribution is -2.41. The predicted octanol–water partition coefficient (Wildman–Crippen LogP) is 3.34. The van der Waals surface area contributed by atoms with Crippen molar-refractivity contribution in [3.05, 3.63) is 59.7 Å². The van der Waals surface area contributed by atoms with E-state index in [0.717, 1.165) is 4.90 Å². The fourth-order valence-electron chi connectivity index (χ4n) is 3.20. The number of carbonyl (C=O) groups excluding carboxylic acids is 3. The van der Waals surface area contributed by atoms with Gasteiger partial charge in [0, 0.05) is 0 Å². The maximum Gasteiger partial charge on any atom is 0.387 e. The molecule has 1 aliphatic heterocycles. The zero-order valence-corrected chi connectivity index (χ0v) is 16.4. The van der Waals surface area contributed by atoms with Crippen LogP contribution in [0, 0.1) is 0 Å². The van der Waals surface area contributed by atoms with Gasteiger partial charge in [-0.3, -0.25) is 14.5 Å². The van der Waals surface area contributed by atoms with Crippen LogP contribution in [0.2, 0.25) is 0 Å². The van der Waals surface area contributed by atoms with Gasteiger partial charge in [0.05, 0.1) is 12.1 Å². The van der Waals surface area contributed by atoms with Gasteiger partial charge in [-0.15, -0.1) is 0 Å². The third-order valence-corrected chi connectivity index (χ3v) is 4.77. The number of imide groups is 1. The summed E-state index contributed by atoms with van der Waals surface area (Å²) >= 11 is 0. The van der Waals surface area contributed by atoms with Crippen molar-refractivity contribution in [2.24, 2.45) is 0 Å². The van der Waals surface area contributed by atoms with E-state index in [1.807, 2.05) is 0 Å². The average Bonchev–Trinajstić information content (AvgIpc) is 2.92. The number of nitrogens with one attached hydrogen (secondary N) is 1. The Balaban J connectivity index is 1.68. The third kappa shape index (κ3) is 4.24. The smallest absolute Gasteiger partial charge is 0.387 e. The van der Waals surface area contributed by atoms with Crippen LogP contribution in [-0.4, -0.2) is 42.4 Å². The number of halogens is 2. The zero-order chi connectivity index (χ0) is 21.9. The summed E-state index contributed by atoms with van der Waals surface area (Å²) in [5.41, 5.74) is -0.518. The molecule has 1 aliphatic rings. The quantitative estimate of drug-likeness (QED) is 0.525. The minimum Gasteiger partial charge on any atom is -0.491 e. The van der Waals surface area contributed by atoms with Crippen LogP contribution in [0.15, 0.2) is 48.5 Å². The van der Waals surface area contributed by atoms with Gasteiger partial charge < -0.3 is 14.8 Å². The van der Waals surface area contributed by atoms with Crippen LogP contribution >= 0.6 is 0 Å². The van der Waals surface area contributed by atoms with Crippen molar-refractivity contribution in [3.8, 4) is 11.5 Å². The number of ketones is 1. The largest absolute Gasteiger partial charge is 0.491 e. The van der Waals surface area contributed by atoms with E-state index in [2.05, 4.69) is 10.1 Å². The van der Waals surface area contributed by atoms with Crippen LogP contribution in [-0.2, 0) is 10.3 Å². The molecule has 3 amide bonds. The summed E-state index contributed by atoms with van der Waals surface area (Å²) in [7, 11) is 0. The van der Waals surface area contributed by atoms with Crippen molar-refractivity contribution in [2.75, 3.05) is 13.2 Å². The van der Waals surface area contributed by atoms with E-state index >= 15 is 0 Å². The van der Waals surface area contributed by atoms with E-state index in [9.17, 15) is 23.2 Å². The molecular formula is C21H20F2N2O5. The molecule has 0 saturated carbocycles. The Morgan fingerprint density at radius 1 is 1.13 bits per heavy atom. The molecule has 0 unspecified atom stereocenters. The van der Waals surface area contributed by atoms with Gasteiger partial charge in [0.2, 0.25) is 0 Å². The Labute approximate surface area is 171 Å². The SMILES string of the molecule is CC(=O)c1ccccc1OCCN1C(=O)N[C@@](C)(c2ccc(OC(F)F)cc2)C1=O. The van der Waals surface area contributed by atoms with Crippen molar-refractivity contribution in [1.29, 1.82) is 0 Å². The van der Waals surface area contributed by atoms with E-state index in [-0.39, 0.29) is 24.7 Å². The summed E-state index contributed by atoms with van der Waals surface area (Å²) < 4.78 is 34.5. The molecule has 30 heavy (non-hydrogen) atoms. The highest BCUT2D eigenvalue weighted by molar-refractivity contribution is 6.07. The maximum atomic E-state index is 12.9. The first-order valence-corrected chi connectivity index (χ1v) is 9.14. The molecule has 1 N–H and O–H groups in total. The Bertz CT molecular complexity index is 964. The fourth-order valence-corrected chi connectivity index (χ4v) is 3.20. The summed E-state index contributed by atoms with van der Waals surface area (Å²) in [6, 6.07) is 11.6. The van der Waals surface area contributed by atoms with Crippen LogP contribution < -0.4 is 14.8 Å². The highest BCUT2D eigenvalue weighted by Gasteiger charge is 2.48. The lowest BCUT2D eigenvalue weighted by molar-refractivity contribution is -0.131. The second-order valence-corrected chi connectivity index (χ2v) is 6.82. The second kappa shape index (κ2) is 8.48. The van der Waals surface area contributed by atoms with Crippen LogP contribution in [0.5, 0.6) is 11.5 Å². The number of amides is 3. The standard InChI is InChI=1S/C21H20F2N2O5/c1-13(26)16-5-3-4-6-17(16)29-12-11-25-18(27)21(2,24-20(25)28)14-7-9-15(10-8-14)30-19(22)23/h3-10,19H,11-12H2,1-2H3,(H,24,28)/t21-/m0/s1. The summed E-state index contributed by atoms with van der Waals surface area (Å²) in [5.74, 6) is -0.344. The van der Waals surface area contributed by atoms with Gasteiger partial charge >= 0.3 is 12.6 Å². The Morgan fingerprint density at radius 2 is 1.80 bits per heavy atom. The molecule has 0 aliphatic carbocycles. The highest BCUT2D eigenvalue weighted by Crippen LogP contribution is 2.30. The zero-order valence-electron chi connectivity index (χ0n) is 16.4. The molecule has 0 radical (unpaired) electrons. The van der Waals surface area contributed by atoms with E-state index in [1.54, 1.807) is 24.3 Å². The van der Waals surface area contributed by atoms with Gasteiger partial charge in [0.25, 0.3) is 5.91 Å². The predicted molar refractivity (Wildman–Crippen MR) is 103 cm³/mol. The molecule has 1 heterocycles. The first kappa shape index (κ1) is 21.2. The molecular weight excluding hydrogens is 398 g/mol. The molecule has 0 bridgehead atoms. The summed E-state index contributed by atoms with van der Waals surface area (Å²) in [6.07, 6.45) is 0. The molecule has 0 aromatic heterocycles. The van der Waals surface area contributed by atoms with E-state index in [1.165, 1.54) is 38.1 Å². The molecule has 7 nitrogen and oxygen atoms in total. The Kier molecular flexibility index (Phi) is 6.00. The number of rotatable bonds is 8. The molecule has 158 valence electrons. The number of ether oxygens (including phenoxy) is 2.